The Hall–Kier alpha value is -0.260. The van der Waals surface area contributed by atoms with Gasteiger partial charge in [-0.15, -0.1) is 0 Å². The number of nitrogens with one attached hydrogen (secondary N) is 1. The zero-order valence-corrected chi connectivity index (χ0v) is 12.3. The Morgan fingerprint density at radius 1 is 1.38 bits per heavy atom. The van der Waals surface area contributed by atoms with Crippen molar-refractivity contribution in [3.05, 3.63) is 31.9 Å². The maximum atomic E-state index is 11.7. The van der Waals surface area contributed by atoms with E-state index in [1.54, 1.807) is 12.3 Å². The van der Waals surface area contributed by atoms with E-state index in [-0.39, 0.29) is 6.54 Å². The van der Waals surface area contributed by atoms with Gasteiger partial charge in [-0.05, 0) is 57.3 Å². The number of halogens is 4. The molecule has 0 aliphatic heterocycles. The molecule has 1 N–H and O–H groups in total. The summed E-state index contributed by atoms with van der Waals surface area (Å²) in [6.07, 6.45) is 0.936. The summed E-state index contributed by atoms with van der Waals surface area (Å²) in [5.74, 6) is 0. The first-order chi connectivity index (χ1) is 7.58. The highest BCUT2D eigenvalue weighted by atomic mass is 127. The van der Waals surface area contributed by atoms with E-state index < -0.39 is 6.43 Å². The van der Waals surface area contributed by atoms with Crippen LogP contribution in [0.5, 0.6) is 0 Å². The highest BCUT2D eigenvalue weighted by Crippen LogP contribution is 2.02. The van der Waals surface area contributed by atoms with Gasteiger partial charge < -0.3 is 0 Å². The lowest BCUT2D eigenvalue weighted by Gasteiger charge is -1.96. The molecule has 88 valence electrons. The first kappa shape index (κ1) is 13.8. The lowest BCUT2D eigenvalue weighted by Crippen LogP contribution is -2.06. The summed E-state index contributed by atoms with van der Waals surface area (Å²) in [7, 11) is 0. The Morgan fingerprint density at radius 3 is 2.44 bits per heavy atom. The fraction of sp³-hybridized carbons (Fsp3) is 0.250. The Balaban J connectivity index is 0.000000181. The standard InChI is InChI=1S/C5H5F2IN2.C3H3IN2/c6-4(7)3-10-2-1-5(8)9-10;4-3-1-2-5-6-3/h1-2,4H,3H2;1-2H,(H,5,6). The molecule has 16 heavy (non-hydrogen) atoms. The highest BCUT2D eigenvalue weighted by Gasteiger charge is 2.03. The molecule has 0 saturated carbocycles. The third-order valence-electron chi connectivity index (χ3n) is 1.40. The molecule has 4 nitrogen and oxygen atoms in total. The van der Waals surface area contributed by atoms with Crippen LogP contribution >= 0.6 is 45.2 Å². The predicted octanol–water partition coefficient (Wildman–Crippen LogP) is 2.77. The fourth-order valence-electron chi connectivity index (χ4n) is 0.819. The summed E-state index contributed by atoms with van der Waals surface area (Å²) in [5.41, 5.74) is 0. The van der Waals surface area contributed by atoms with Crippen molar-refractivity contribution in [1.29, 1.82) is 0 Å². The number of aromatic nitrogens is 4. The van der Waals surface area contributed by atoms with Crippen LogP contribution in [0.1, 0.15) is 0 Å². The summed E-state index contributed by atoms with van der Waals surface area (Å²) < 4.78 is 26.4. The molecule has 2 aromatic heterocycles. The molecule has 8 heteroatoms. The van der Waals surface area contributed by atoms with Gasteiger partial charge in [-0.1, -0.05) is 0 Å². The van der Waals surface area contributed by atoms with E-state index >= 15 is 0 Å². The predicted molar refractivity (Wildman–Crippen MR) is 72.3 cm³/mol. The molecule has 0 aliphatic rings. The van der Waals surface area contributed by atoms with Crippen molar-refractivity contribution in [2.24, 2.45) is 0 Å². The van der Waals surface area contributed by atoms with Crippen molar-refractivity contribution in [2.45, 2.75) is 13.0 Å². The van der Waals surface area contributed by atoms with Gasteiger partial charge in [0.15, 0.2) is 0 Å². The van der Waals surface area contributed by atoms with Crippen LogP contribution in [0.3, 0.4) is 0 Å². The summed E-state index contributed by atoms with van der Waals surface area (Å²) in [4.78, 5) is 0. The fourth-order valence-corrected chi connectivity index (χ4v) is 1.56. The second-order valence-electron chi connectivity index (χ2n) is 2.66. The Labute approximate surface area is 118 Å². The van der Waals surface area contributed by atoms with E-state index in [1.165, 1.54) is 10.9 Å². The number of aromatic amines is 1. The summed E-state index contributed by atoms with van der Waals surface area (Å²) in [6, 6.07) is 3.59. The van der Waals surface area contributed by atoms with Crippen LogP contribution in [-0.2, 0) is 6.54 Å². The number of alkyl halides is 2. The largest absolute Gasteiger partial charge is 0.272 e. The first-order valence-corrected chi connectivity index (χ1v) is 6.35. The molecule has 0 unspecified atom stereocenters. The lowest BCUT2D eigenvalue weighted by atomic mass is 10.7. The van der Waals surface area contributed by atoms with E-state index in [9.17, 15) is 8.78 Å². The van der Waals surface area contributed by atoms with Crippen LogP contribution in [0.4, 0.5) is 8.78 Å². The molecule has 0 amide bonds. The molecule has 2 aromatic rings. The molecule has 0 atom stereocenters. The average Bonchev–Trinajstić information content (AvgIpc) is 2.78. The third-order valence-corrected chi connectivity index (χ3v) is 2.58. The monoisotopic (exact) mass is 452 g/mol. The van der Waals surface area contributed by atoms with Crippen molar-refractivity contribution in [3.63, 3.8) is 0 Å². The van der Waals surface area contributed by atoms with E-state index in [0.29, 0.717) is 0 Å². The first-order valence-electron chi connectivity index (χ1n) is 4.20. The molecule has 0 spiro atoms. The summed E-state index contributed by atoms with van der Waals surface area (Å²) in [5, 5.41) is 10.2. The molecule has 0 radical (unpaired) electrons. The maximum absolute atomic E-state index is 11.7. The van der Waals surface area contributed by atoms with E-state index in [2.05, 4.69) is 37.9 Å². The van der Waals surface area contributed by atoms with Crippen molar-refractivity contribution < 1.29 is 8.78 Å². The van der Waals surface area contributed by atoms with Gasteiger partial charge in [0.05, 0.1) is 3.70 Å². The molecule has 0 saturated heterocycles. The minimum atomic E-state index is -2.32. The van der Waals surface area contributed by atoms with Crippen LogP contribution in [0, 0.1) is 7.40 Å². The van der Waals surface area contributed by atoms with Gasteiger partial charge in [0.2, 0.25) is 0 Å². The molecule has 0 aromatic carbocycles. The molecule has 0 aliphatic carbocycles. The topological polar surface area (TPSA) is 46.5 Å². The number of rotatable bonds is 2. The van der Waals surface area contributed by atoms with Crippen LogP contribution < -0.4 is 0 Å². The van der Waals surface area contributed by atoms with Crippen LogP contribution in [-0.4, -0.2) is 26.4 Å². The van der Waals surface area contributed by atoms with Gasteiger partial charge in [-0.3, -0.25) is 9.78 Å². The normalized spacial score (nSPS) is 10.1. The maximum Gasteiger partial charge on any atom is 0.257 e. The van der Waals surface area contributed by atoms with Crippen LogP contribution in [0.2, 0.25) is 0 Å². The lowest BCUT2D eigenvalue weighted by molar-refractivity contribution is 0.121. The van der Waals surface area contributed by atoms with E-state index in [0.717, 1.165) is 7.40 Å². The van der Waals surface area contributed by atoms with Crippen molar-refractivity contribution >= 4 is 45.2 Å². The van der Waals surface area contributed by atoms with E-state index in [4.69, 9.17) is 0 Å². The number of nitrogens with zero attached hydrogens (tertiary/aromatic N) is 3. The second-order valence-corrected chi connectivity index (χ2v) is 4.92. The third kappa shape index (κ3) is 5.72. The highest BCUT2D eigenvalue weighted by molar-refractivity contribution is 14.1. The van der Waals surface area contributed by atoms with Crippen molar-refractivity contribution in [1.82, 2.24) is 20.0 Å². The van der Waals surface area contributed by atoms with E-state index in [1.807, 2.05) is 28.7 Å². The van der Waals surface area contributed by atoms with Gasteiger partial charge in [0.1, 0.15) is 10.2 Å². The molecule has 0 fully saturated rings. The molecular formula is C8H8F2I2N4. The molecule has 2 heterocycles. The van der Waals surface area contributed by atoms with Gasteiger partial charge in [0, 0.05) is 12.4 Å². The molecular weight excluding hydrogens is 444 g/mol. The van der Waals surface area contributed by atoms with Crippen LogP contribution in [0.25, 0.3) is 0 Å². The zero-order chi connectivity index (χ0) is 12.0. The minimum Gasteiger partial charge on any atom is -0.272 e. The Morgan fingerprint density at radius 2 is 2.12 bits per heavy atom. The average molecular weight is 452 g/mol. The SMILES string of the molecule is FC(F)Cn1ccc(I)n1.Ic1ccn[nH]1. The minimum absolute atomic E-state index is 0.316. The second kappa shape index (κ2) is 7.14. The smallest absolute Gasteiger partial charge is 0.257 e. The van der Waals surface area contributed by atoms with Gasteiger partial charge in [-0.2, -0.15) is 10.2 Å². The number of hydrogen-bond acceptors (Lipinski definition) is 2. The van der Waals surface area contributed by atoms with Gasteiger partial charge >= 0.3 is 0 Å². The molecule has 2 rings (SSSR count). The zero-order valence-electron chi connectivity index (χ0n) is 7.95. The Bertz CT molecular complexity index is 402. The number of hydrogen-bond donors (Lipinski definition) is 1. The van der Waals surface area contributed by atoms with Crippen LogP contribution in [0.15, 0.2) is 24.5 Å². The number of H-pyrrole nitrogens is 1. The van der Waals surface area contributed by atoms with Crippen molar-refractivity contribution in [3.8, 4) is 0 Å². The molecule has 0 bridgehead atoms. The summed E-state index contributed by atoms with van der Waals surface area (Å²) >= 11 is 4.13. The Kier molecular flexibility index (Phi) is 6.16. The van der Waals surface area contributed by atoms with Crippen molar-refractivity contribution in [2.75, 3.05) is 0 Å². The van der Waals surface area contributed by atoms with Gasteiger partial charge in [0.25, 0.3) is 6.43 Å². The summed E-state index contributed by atoms with van der Waals surface area (Å²) in [6.45, 7) is -0.316. The van der Waals surface area contributed by atoms with Gasteiger partial charge in [-0.25, -0.2) is 8.78 Å². The quantitative estimate of drug-likeness (QED) is 0.714.